The first-order valence-electron chi connectivity index (χ1n) is 6.57. The quantitative estimate of drug-likeness (QED) is 0.397. The first kappa shape index (κ1) is 15.1. The van der Waals surface area contributed by atoms with E-state index in [2.05, 4.69) is 6.07 Å². The van der Waals surface area contributed by atoms with Crippen molar-refractivity contribution in [1.82, 2.24) is 0 Å². The molecule has 0 aromatic heterocycles. The van der Waals surface area contributed by atoms with Gasteiger partial charge in [-0.1, -0.05) is 35.9 Å². The van der Waals surface area contributed by atoms with Gasteiger partial charge in [-0.05, 0) is 48.2 Å². The predicted molar refractivity (Wildman–Crippen MR) is 84.6 cm³/mol. The van der Waals surface area contributed by atoms with Gasteiger partial charge in [0.15, 0.2) is 5.78 Å². The Labute approximate surface area is 129 Å². The number of Topliss-reactive ketones (excluding diaryl/α,β-unsaturated/α-hetero) is 1. The molecule has 2 aromatic rings. The highest BCUT2D eigenvalue weighted by atomic mass is 35.5. The summed E-state index contributed by atoms with van der Waals surface area (Å²) in [5.41, 5.74) is 2.70. The van der Waals surface area contributed by atoms with Crippen LogP contribution in [0.1, 0.15) is 29.6 Å². The smallest absolute Gasteiger partial charge is 0.162 e. The number of rotatable bonds is 6. The van der Waals surface area contributed by atoms with Crippen molar-refractivity contribution in [1.29, 1.82) is 0 Å². The molecular weight excluding hydrogens is 291 g/mol. The van der Waals surface area contributed by atoms with E-state index in [1.54, 1.807) is 6.07 Å². The first-order chi connectivity index (χ1) is 9.70. The number of alkyl halides is 1. The van der Waals surface area contributed by atoms with E-state index in [1.165, 1.54) is 0 Å². The second-order valence-corrected chi connectivity index (χ2v) is 5.38. The molecule has 20 heavy (non-hydrogen) atoms. The minimum atomic E-state index is 0.147. The molecule has 1 nitrogen and oxygen atoms in total. The van der Waals surface area contributed by atoms with E-state index in [0.717, 1.165) is 24.0 Å². The van der Waals surface area contributed by atoms with Gasteiger partial charge in [0, 0.05) is 22.9 Å². The molecule has 0 bridgehead atoms. The van der Waals surface area contributed by atoms with Crippen LogP contribution in [0.3, 0.4) is 0 Å². The van der Waals surface area contributed by atoms with Crippen LogP contribution in [0.2, 0.25) is 5.02 Å². The first-order valence-corrected chi connectivity index (χ1v) is 7.49. The van der Waals surface area contributed by atoms with E-state index in [0.29, 0.717) is 22.9 Å². The Kier molecular flexibility index (Phi) is 5.63. The molecule has 0 atom stereocenters. The average molecular weight is 306 g/mol. The van der Waals surface area contributed by atoms with Gasteiger partial charge in [0.1, 0.15) is 0 Å². The van der Waals surface area contributed by atoms with Gasteiger partial charge in [0.2, 0.25) is 0 Å². The fraction of sp³-hybridized carbons (Fsp3) is 0.235. The van der Waals surface area contributed by atoms with Crippen molar-refractivity contribution in [2.45, 2.75) is 19.3 Å². The van der Waals surface area contributed by atoms with Crippen molar-refractivity contribution in [2.75, 3.05) is 5.88 Å². The number of halogens is 2. The molecule has 0 saturated carbocycles. The fourth-order valence-corrected chi connectivity index (χ4v) is 2.25. The van der Waals surface area contributed by atoms with Crippen LogP contribution < -0.4 is 0 Å². The normalized spacial score (nSPS) is 10.5. The van der Waals surface area contributed by atoms with Gasteiger partial charge in [0.25, 0.3) is 0 Å². The molecule has 1 radical (unpaired) electrons. The van der Waals surface area contributed by atoms with E-state index in [9.17, 15) is 4.79 Å². The molecule has 0 fully saturated rings. The van der Waals surface area contributed by atoms with Gasteiger partial charge in [0.05, 0.1) is 0 Å². The molecule has 0 N–H and O–H groups in total. The number of carbonyl (C=O) groups excluding carboxylic acids is 1. The molecule has 0 unspecified atom stereocenters. The summed E-state index contributed by atoms with van der Waals surface area (Å²) < 4.78 is 0. The largest absolute Gasteiger partial charge is 0.294 e. The standard InChI is InChI=1S/C17H15Cl2O/c18-12-2-1-3-17(20)15-6-4-13(5-7-15)14-8-10-16(19)11-9-14/h4,6-11H,1-3,12H2. The SMILES string of the molecule is O=C(CCCCCl)c1c[c]c(-c2ccc(Cl)cc2)cc1. The highest BCUT2D eigenvalue weighted by Crippen LogP contribution is 2.22. The average Bonchev–Trinajstić information content (AvgIpc) is 2.48. The van der Waals surface area contributed by atoms with Gasteiger partial charge >= 0.3 is 0 Å². The highest BCUT2D eigenvalue weighted by Gasteiger charge is 2.06. The molecule has 103 valence electrons. The number of unbranched alkanes of at least 4 members (excludes halogenated alkanes) is 1. The molecule has 0 aliphatic heterocycles. The fourth-order valence-electron chi connectivity index (χ4n) is 1.93. The van der Waals surface area contributed by atoms with Crippen molar-refractivity contribution in [3.05, 3.63) is 59.1 Å². The van der Waals surface area contributed by atoms with Crippen LogP contribution in [0.25, 0.3) is 11.1 Å². The summed E-state index contributed by atoms with van der Waals surface area (Å²) >= 11 is 11.5. The van der Waals surface area contributed by atoms with Gasteiger partial charge in [-0.2, -0.15) is 0 Å². The Morgan fingerprint density at radius 3 is 2.40 bits per heavy atom. The summed E-state index contributed by atoms with van der Waals surface area (Å²) in [4.78, 5) is 11.9. The molecule has 0 spiro atoms. The van der Waals surface area contributed by atoms with Gasteiger partial charge < -0.3 is 0 Å². The maximum atomic E-state index is 11.9. The molecular formula is C17H15Cl2O. The van der Waals surface area contributed by atoms with Crippen molar-refractivity contribution >= 4 is 29.0 Å². The van der Waals surface area contributed by atoms with Gasteiger partial charge in [-0.3, -0.25) is 4.79 Å². The number of ketones is 1. The van der Waals surface area contributed by atoms with Crippen LogP contribution in [0.15, 0.2) is 42.5 Å². The Morgan fingerprint density at radius 2 is 1.80 bits per heavy atom. The van der Waals surface area contributed by atoms with Crippen LogP contribution in [-0.4, -0.2) is 11.7 Å². The topological polar surface area (TPSA) is 17.1 Å². The van der Waals surface area contributed by atoms with E-state index in [1.807, 2.05) is 36.4 Å². The molecule has 3 heteroatoms. The molecule has 0 saturated heterocycles. The summed E-state index contributed by atoms with van der Waals surface area (Å²) in [6.45, 7) is 0. The zero-order valence-electron chi connectivity index (χ0n) is 11.0. The lowest BCUT2D eigenvalue weighted by molar-refractivity contribution is 0.0980. The van der Waals surface area contributed by atoms with E-state index >= 15 is 0 Å². The van der Waals surface area contributed by atoms with Crippen LogP contribution in [-0.2, 0) is 0 Å². The van der Waals surface area contributed by atoms with Crippen molar-refractivity contribution in [3.63, 3.8) is 0 Å². The van der Waals surface area contributed by atoms with E-state index in [4.69, 9.17) is 23.2 Å². The maximum Gasteiger partial charge on any atom is 0.162 e. The predicted octanol–water partition coefficient (Wildman–Crippen LogP) is 5.40. The molecule has 2 rings (SSSR count). The zero-order valence-corrected chi connectivity index (χ0v) is 12.5. The van der Waals surface area contributed by atoms with Crippen molar-refractivity contribution in [2.24, 2.45) is 0 Å². The van der Waals surface area contributed by atoms with Crippen LogP contribution in [0.5, 0.6) is 0 Å². The molecule has 0 aliphatic rings. The highest BCUT2D eigenvalue weighted by molar-refractivity contribution is 6.30. The number of carbonyl (C=O) groups is 1. The maximum absolute atomic E-state index is 11.9. The van der Waals surface area contributed by atoms with Crippen LogP contribution >= 0.6 is 23.2 Å². The molecule has 0 heterocycles. The summed E-state index contributed by atoms with van der Waals surface area (Å²) in [6.07, 6.45) is 2.25. The summed E-state index contributed by atoms with van der Waals surface area (Å²) in [7, 11) is 0. The lowest BCUT2D eigenvalue weighted by atomic mass is 10.0. The van der Waals surface area contributed by atoms with Gasteiger partial charge in [-0.25, -0.2) is 0 Å². The van der Waals surface area contributed by atoms with Crippen molar-refractivity contribution in [3.8, 4) is 11.1 Å². The van der Waals surface area contributed by atoms with Crippen LogP contribution in [0.4, 0.5) is 0 Å². The van der Waals surface area contributed by atoms with Crippen LogP contribution in [0, 0.1) is 6.07 Å². The zero-order chi connectivity index (χ0) is 14.4. The summed E-state index contributed by atoms with van der Waals surface area (Å²) in [5.74, 6) is 0.753. The number of benzene rings is 2. The van der Waals surface area contributed by atoms with E-state index < -0.39 is 0 Å². The van der Waals surface area contributed by atoms with Gasteiger partial charge in [-0.15, -0.1) is 11.6 Å². The van der Waals surface area contributed by atoms with E-state index in [-0.39, 0.29) is 5.78 Å². The third-order valence-corrected chi connectivity index (χ3v) is 3.60. The Bertz CT molecular complexity index is 559. The minimum absolute atomic E-state index is 0.147. The molecule has 2 aromatic carbocycles. The Balaban J connectivity index is 2.06. The summed E-state index contributed by atoms with van der Waals surface area (Å²) in [5, 5.41) is 0.708. The minimum Gasteiger partial charge on any atom is -0.294 e. The summed E-state index contributed by atoms with van der Waals surface area (Å²) in [6, 6.07) is 16.2. The second-order valence-electron chi connectivity index (χ2n) is 4.57. The van der Waals surface area contributed by atoms with Crippen molar-refractivity contribution < 1.29 is 4.79 Å². The molecule has 0 aliphatic carbocycles. The molecule has 0 amide bonds. The lowest BCUT2D eigenvalue weighted by Gasteiger charge is -2.04. The Morgan fingerprint density at radius 1 is 1.05 bits per heavy atom. The second kappa shape index (κ2) is 7.47. The Hall–Kier alpha value is -1.31. The third kappa shape index (κ3) is 4.09. The number of hydrogen-bond donors (Lipinski definition) is 0. The lowest BCUT2D eigenvalue weighted by Crippen LogP contribution is -1.99. The number of hydrogen-bond acceptors (Lipinski definition) is 1. The third-order valence-electron chi connectivity index (χ3n) is 3.08. The monoisotopic (exact) mass is 305 g/mol.